The van der Waals surface area contributed by atoms with Crippen molar-refractivity contribution >= 4 is 17.4 Å². The number of benzene rings is 1. The molecule has 0 unspecified atom stereocenters. The molecule has 0 aliphatic rings. The predicted octanol–water partition coefficient (Wildman–Crippen LogP) is 3.66. The standard InChI is InChI=1S/C16H17NO3/c1-9-11(3)20-12(4)15(9)16(19)17-14-7-5-6-13(8-14)10(2)18/h5-8H,1-4H3,(H,17,19). The van der Waals surface area contributed by atoms with Crippen molar-refractivity contribution in [3.63, 3.8) is 0 Å². The molecule has 1 N–H and O–H groups in total. The number of anilines is 1. The largest absolute Gasteiger partial charge is 0.466 e. The van der Waals surface area contributed by atoms with Gasteiger partial charge in [0.25, 0.3) is 5.91 Å². The average Bonchev–Trinajstić information content (AvgIpc) is 2.63. The summed E-state index contributed by atoms with van der Waals surface area (Å²) in [4.78, 5) is 23.6. The van der Waals surface area contributed by atoms with Crippen LogP contribution in [0.1, 0.15) is 44.7 Å². The van der Waals surface area contributed by atoms with Gasteiger partial charge in [0.15, 0.2) is 5.78 Å². The molecule has 0 bridgehead atoms. The van der Waals surface area contributed by atoms with E-state index in [1.54, 1.807) is 31.2 Å². The molecule has 0 fully saturated rings. The first kappa shape index (κ1) is 14.1. The molecular formula is C16H17NO3. The molecular weight excluding hydrogens is 254 g/mol. The second kappa shape index (κ2) is 5.33. The Kier molecular flexibility index (Phi) is 3.74. The van der Waals surface area contributed by atoms with Crippen molar-refractivity contribution in [1.29, 1.82) is 0 Å². The van der Waals surface area contributed by atoms with Gasteiger partial charge in [0.05, 0.1) is 5.56 Å². The fourth-order valence-corrected chi connectivity index (χ4v) is 2.14. The topological polar surface area (TPSA) is 59.3 Å². The summed E-state index contributed by atoms with van der Waals surface area (Å²) in [6.45, 7) is 6.94. The number of hydrogen-bond acceptors (Lipinski definition) is 3. The highest BCUT2D eigenvalue weighted by Gasteiger charge is 2.18. The van der Waals surface area contributed by atoms with Gasteiger partial charge in [-0.15, -0.1) is 0 Å². The third-order valence-electron chi connectivity index (χ3n) is 3.32. The molecule has 1 aromatic heterocycles. The number of rotatable bonds is 3. The van der Waals surface area contributed by atoms with E-state index in [2.05, 4.69) is 5.32 Å². The molecule has 0 spiro atoms. The van der Waals surface area contributed by atoms with Crippen molar-refractivity contribution in [2.45, 2.75) is 27.7 Å². The number of hydrogen-bond donors (Lipinski definition) is 1. The van der Waals surface area contributed by atoms with Crippen LogP contribution in [0.3, 0.4) is 0 Å². The predicted molar refractivity (Wildman–Crippen MR) is 77.3 cm³/mol. The summed E-state index contributed by atoms with van der Waals surface area (Å²) in [6.07, 6.45) is 0. The average molecular weight is 271 g/mol. The lowest BCUT2D eigenvalue weighted by Crippen LogP contribution is -2.13. The zero-order chi connectivity index (χ0) is 14.9. The molecule has 20 heavy (non-hydrogen) atoms. The Hall–Kier alpha value is -2.36. The molecule has 1 aromatic carbocycles. The molecule has 0 atom stereocenters. The molecule has 1 heterocycles. The number of Topliss-reactive ketones (excluding diaryl/α,β-unsaturated/α-hetero) is 1. The van der Waals surface area contributed by atoms with Gasteiger partial charge in [0.1, 0.15) is 11.5 Å². The minimum Gasteiger partial charge on any atom is -0.466 e. The molecule has 4 heteroatoms. The van der Waals surface area contributed by atoms with Crippen LogP contribution >= 0.6 is 0 Å². The minimum absolute atomic E-state index is 0.0346. The van der Waals surface area contributed by atoms with Gasteiger partial charge in [0.2, 0.25) is 0 Å². The number of ketones is 1. The lowest BCUT2D eigenvalue weighted by Gasteiger charge is -2.06. The van der Waals surface area contributed by atoms with E-state index < -0.39 is 0 Å². The number of amides is 1. The molecule has 2 rings (SSSR count). The van der Waals surface area contributed by atoms with Crippen molar-refractivity contribution in [1.82, 2.24) is 0 Å². The van der Waals surface area contributed by atoms with Gasteiger partial charge in [-0.3, -0.25) is 9.59 Å². The van der Waals surface area contributed by atoms with E-state index in [9.17, 15) is 9.59 Å². The summed E-state index contributed by atoms with van der Waals surface area (Å²) in [7, 11) is 0. The van der Waals surface area contributed by atoms with E-state index in [0.29, 0.717) is 22.6 Å². The zero-order valence-electron chi connectivity index (χ0n) is 12.0. The lowest BCUT2D eigenvalue weighted by atomic mass is 10.1. The minimum atomic E-state index is -0.224. The monoisotopic (exact) mass is 271 g/mol. The number of carbonyl (C=O) groups is 2. The van der Waals surface area contributed by atoms with Crippen LogP contribution in [-0.2, 0) is 0 Å². The first-order chi connectivity index (χ1) is 9.40. The maximum absolute atomic E-state index is 12.3. The summed E-state index contributed by atoms with van der Waals surface area (Å²) >= 11 is 0. The van der Waals surface area contributed by atoms with Crippen molar-refractivity contribution < 1.29 is 14.0 Å². The zero-order valence-corrected chi connectivity index (χ0v) is 12.0. The summed E-state index contributed by atoms with van der Waals surface area (Å²) in [5.74, 6) is 1.08. The van der Waals surface area contributed by atoms with E-state index in [1.165, 1.54) is 6.92 Å². The number of aryl methyl sites for hydroxylation is 2. The number of furan rings is 1. The summed E-state index contributed by atoms with van der Waals surface area (Å²) in [6, 6.07) is 6.88. The third kappa shape index (κ3) is 2.64. The second-order valence-corrected chi connectivity index (χ2v) is 4.81. The first-order valence-corrected chi connectivity index (χ1v) is 6.39. The molecule has 0 aliphatic carbocycles. The van der Waals surface area contributed by atoms with Crippen LogP contribution in [0.4, 0.5) is 5.69 Å². The SMILES string of the molecule is CC(=O)c1cccc(NC(=O)c2c(C)oc(C)c2C)c1. The van der Waals surface area contributed by atoms with Crippen LogP contribution in [0.15, 0.2) is 28.7 Å². The van der Waals surface area contributed by atoms with Gasteiger partial charge in [-0.25, -0.2) is 0 Å². The van der Waals surface area contributed by atoms with Crippen molar-refractivity contribution in [2.75, 3.05) is 5.32 Å². The Balaban J connectivity index is 2.28. The van der Waals surface area contributed by atoms with Crippen molar-refractivity contribution in [2.24, 2.45) is 0 Å². The highest BCUT2D eigenvalue weighted by atomic mass is 16.3. The van der Waals surface area contributed by atoms with Gasteiger partial charge in [-0.1, -0.05) is 12.1 Å². The first-order valence-electron chi connectivity index (χ1n) is 6.39. The van der Waals surface area contributed by atoms with Gasteiger partial charge in [-0.2, -0.15) is 0 Å². The fourth-order valence-electron chi connectivity index (χ4n) is 2.14. The number of carbonyl (C=O) groups excluding carboxylic acids is 2. The Morgan fingerprint density at radius 2 is 1.80 bits per heavy atom. The Bertz CT molecular complexity index is 683. The molecule has 2 aromatic rings. The van der Waals surface area contributed by atoms with Gasteiger partial charge in [-0.05, 0) is 39.8 Å². The Labute approximate surface area is 117 Å². The molecule has 0 saturated heterocycles. The summed E-state index contributed by atoms with van der Waals surface area (Å²) in [5, 5.41) is 2.80. The molecule has 4 nitrogen and oxygen atoms in total. The van der Waals surface area contributed by atoms with Crippen LogP contribution in [0.2, 0.25) is 0 Å². The highest BCUT2D eigenvalue weighted by Crippen LogP contribution is 2.22. The molecule has 0 saturated carbocycles. The normalized spacial score (nSPS) is 10.4. The lowest BCUT2D eigenvalue weighted by molar-refractivity contribution is 0.101. The fraction of sp³-hybridized carbons (Fsp3) is 0.250. The van der Waals surface area contributed by atoms with Crippen molar-refractivity contribution in [3.05, 3.63) is 52.5 Å². The summed E-state index contributed by atoms with van der Waals surface area (Å²) in [5.41, 5.74) is 2.55. The Morgan fingerprint density at radius 1 is 1.10 bits per heavy atom. The van der Waals surface area contributed by atoms with E-state index in [4.69, 9.17) is 4.42 Å². The quantitative estimate of drug-likeness (QED) is 0.867. The van der Waals surface area contributed by atoms with E-state index in [-0.39, 0.29) is 11.7 Å². The van der Waals surface area contributed by atoms with Crippen LogP contribution in [0.5, 0.6) is 0 Å². The van der Waals surface area contributed by atoms with Crippen LogP contribution in [-0.4, -0.2) is 11.7 Å². The summed E-state index contributed by atoms with van der Waals surface area (Å²) < 4.78 is 5.45. The molecule has 0 aliphatic heterocycles. The van der Waals surface area contributed by atoms with Crippen LogP contribution in [0, 0.1) is 20.8 Å². The van der Waals surface area contributed by atoms with E-state index >= 15 is 0 Å². The maximum atomic E-state index is 12.3. The second-order valence-electron chi connectivity index (χ2n) is 4.81. The third-order valence-corrected chi connectivity index (χ3v) is 3.32. The van der Waals surface area contributed by atoms with Gasteiger partial charge in [0, 0.05) is 16.8 Å². The molecule has 104 valence electrons. The van der Waals surface area contributed by atoms with Crippen LogP contribution < -0.4 is 5.32 Å². The van der Waals surface area contributed by atoms with Crippen molar-refractivity contribution in [3.8, 4) is 0 Å². The smallest absolute Gasteiger partial charge is 0.259 e. The molecule has 0 radical (unpaired) electrons. The van der Waals surface area contributed by atoms with E-state index in [0.717, 1.165) is 11.3 Å². The van der Waals surface area contributed by atoms with Gasteiger partial charge < -0.3 is 9.73 Å². The number of nitrogens with one attached hydrogen (secondary N) is 1. The highest BCUT2D eigenvalue weighted by molar-refractivity contribution is 6.06. The van der Waals surface area contributed by atoms with Crippen LogP contribution in [0.25, 0.3) is 0 Å². The molecule has 1 amide bonds. The Morgan fingerprint density at radius 3 is 2.35 bits per heavy atom. The van der Waals surface area contributed by atoms with Gasteiger partial charge >= 0.3 is 0 Å². The van der Waals surface area contributed by atoms with E-state index in [1.807, 2.05) is 13.8 Å². The maximum Gasteiger partial charge on any atom is 0.259 e.